The summed E-state index contributed by atoms with van der Waals surface area (Å²) < 4.78 is 26.4. The number of nitrogens with one attached hydrogen (secondary N) is 1. The summed E-state index contributed by atoms with van der Waals surface area (Å²) in [5, 5.41) is 17.7. The Balaban J connectivity index is 1.40. The molecule has 10 heteroatoms. The summed E-state index contributed by atoms with van der Waals surface area (Å²) in [7, 11) is -3.14. The van der Waals surface area contributed by atoms with Crippen molar-refractivity contribution in [2.75, 3.05) is 12.0 Å². The number of hydrogen-bond acceptors (Lipinski definition) is 6. The lowest BCUT2D eigenvalue weighted by molar-refractivity contribution is 0.000225. The Morgan fingerprint density at radius 3 is 2.40 bits per heavy atom. The highest BCUT2D eigenvalue weighted by Gasteiger charge is 2.59. The lowest BCUT2D eigenvalue weighted by Gasteiger charge is -2.59. The van der Waals surface area contributed by atoms with E-state index in [-0.39, 0.29) is 29.3 Å². The van der Waals surface area contributed by atoms with E-state index in [2.05, 4.69) is 17.3 Å². The van der Waals surface area contributed by atoms with Crippen LogP contribution < -0.4 is 5.32 Å². The molecule has 188 valence electrons. The van der Waals surface area contributed by atoms with Crippen molar-refractivity contribution in [3.8, 4) is 5.69 Å². The van der Waals surface area contributed by atoms with E-state index in [0.29, 0.717) is 30.0 Å². The predicted octanol–water partition coefficient (Wildman–Crippen LogP) is 3.79. The SMILES string of the molecule is CCCSc1c(C(=O)NC2C3CC4CC2CC(S(C)(=O)=O)(C4)C3)cnn1-c1ccc(C(=O)O)cc1. The molecule has 0 saturated heterocycles. The van der Waals surface area contributed by atoms with Gasteiger partial charge < -0.3 is 10.4 Å². The van der Waals surface area contributed by atoms with Gasteiger partial charge in [0.15, 0.2) is 9.84 Å². The van der Waals surface area contributed by atoms with Gasteiger partial charge in [-0.15, -0.1) is 11.8 Å². The van der Waals surface area contributed by atoms with Crippen molar-refractivity contribution in [3.05, 3.63) is 41.6 Å². The third-order valence-electron chi connectivity index (χ3n) is 8.07. The van der Waals surface area contributed by atoms with Gasteiger partial charge >= 0.3 is 5.97 Å². The summed E-state index contributed by atoms with van der Waals surface area (Å²) in [4.78, 5) is 24.7. The molecule has 4 fully saturated rings. The molecule has 8 nitrogen and oxygen atoms in total. The number of carbonyl (C=O) groups excluding carboxylic acids is 1. The summed E-state index contributed by atoms with van der Waals surface area (Å²) >= 11 is 1.55. The lowest BCUT2D eigenvalue weighted by Crippen LogP contribution is -2.63. The van der Waals surface area contributed by atoms with Crippen LogP contribution in [0.15, 0.2) is 35.5 Å². The molecule has 6 rings (SSSR count). The van der Waals surface area contributed by atoms with Gasteiger partial charge in [0, 0.05) is 12.3 Å². The van der Waals surface area contributed by atoms with Crippen LogP contribution in [0.2, 0.25) is 0 Å². The van der Waals surface area contributed by atoms with Crippen LogP contribution in [0.3, 0.4) is 0 Å². The fourth-order valence-electron chi connectivity index (χ4n) is 6.63. The second kappa shape index (κ2) is 8.96. The van der Waals surface area contributed by atoms with Gasteiger partial charge in [-0.2, -0.15) is 5.10 Å². The number of thioether (sulfide) groups is 1. The highest BCUT2D eigenvalue weighted by atomic mass is 32.2. The van der Waals surface area contributed by atoms with Crippen molar-refractivity contribution in [1.82, 2.24) is 15.1 Å². The van der Waals surface area contributed by atoms with Crippen LogP contribution in [0.1, 0.15) is 66.2 Å². The highest BCUT2D eigenvalue weighted by Crippen LogP contribution is 2.58. The Labute approximate surface area is 209 Å². The number of amides is 1. The maximum Gasteiger partial charge on any atom is 0.335 e. The van der Waals surface area contributed by atoms with Gasteiger partial charge in [-0.1, -0.05) is 6.92 Å². The van der Waals surface area contributed by atoms with Gasteiger partial charge in [-0.25, -0.2) is 17.9 Å². The Morgan fingerprint density at radius 2 is 1.83 bits per heavy atom. The number of carbonyl (C=O) groups is 2. The monoisotopic (exact) mass is 517 g/mol. The van der Waals surface area contributed by atoms with Crippen LogP contribution in [0.25, 0.3) is 5.69 Å². The summed E-state index contributed by atoms with van der Waals surface area (Å²) in [6.45, 7) is 2.07. The molecule has 0 aliphatic heterocycles. The average molecular weight is 518 g/mol. The molecule has 0 spiro atoms. The topological polar surface area (TPSA) is 118 Å². The normalized spacial score (nSPS) is 29.3. The predicted molar refractivity (Wildman–Crippen MR) is 134 cm³/mol. The zero-order valence-corrected chi connectivity index (χ0v) is 21.6. The van der Waals surface area contributed by atoms with Crippen LogP contribution in [-0.4, -0.2) is 58.0 Å². The van der Waals surface area contributed by atoms with Gasteiger partial charge in [-0.05, 0) is 86.3 Å². The van der Waals surface area contributed by atoms with Crippen LogP contribution in [0, 0.1) is 17.8 Å². The number of hydrogen-bond donors (Lipinski definition) is 2. The molecule has 1 amide bonds. The first-order chi connectivity index (χ1) is 16.6. The molecule has 0 radical (unpaired) electrons. The maximum atomic E-state index is 13.5. The third-order valence-corrected chi connectivity index (χ3v) is 11.4. The fourth-order valence-corrected chi connectivity index (χ4v) is 9.17. The standard InChI is InChI=1S/C25H31N3O5S2/c1-3-8-34-23-20(14-26-28(23)19-6-4-16(5-7-19)24(30)31)22(29)27-21-17-9-15-10-18(21)13-25(11-15,12-17)35(2,32)33/h4-7,14-15,17-18,21H,3,8-13H2,1-2H3,(H,27,29)(H,30,31). The number of carboxylic acids is 1. The number of carboxylic acid groups (broad SMARTS) is 1. The molecule has 1 heterocycles. The first-order valence-electron chi connectivity index (χ1n) is 12.2. The smallest absolute Gasteiger partial charge is 0.335 e. The molecule has 4 bridgehead atoms. The van der Waals surface area contributed by atoms with Gasteiger partial charge in [-0.3, -0.25) is 4.79 Å². The highest BCUT2D eigenvalue weighted by molar-refractivity contribution is 7.99. The van der Waals surface area contributed by atoms with E-state index in [1.165, 1.54) is 18.4 Å². The van der Waals surface area contributed by atoms with E-state index in [1.54, 1.807) is 34.8 Å². The van der Waals surface area contributed by atoms with Crippen LogP contribution in [0.5, 0.6) is 0 Å². The van der Waals surface area contributed by atoms with Gasteiger partial charge in [0.2, 0.25) is 0 Å². The van der Waals surface area contributed by atoms with Crippen molar-refractivity contribution >= 4 is 33.5 Å². The summed E-state index contributed by atoms with van der Waals surface area (Å²) in [6, 6.07) is 6.42. The van der Waals surface area contributed by atoms with Crippen LogP contribution in [0.4, 0.5) is 0 Å². The second-order valence-electron chi connectivity index (χ2n) is 10.4. The average Bonchev–Trinajstić information content (AvgIpc) is 3.22. The minimum atomic E-state index is -3.14. The molecule has 35 heavy (non-hydrogen) atoms. The van der Waals surface area contributed by atoms with E-state index in [0.717, 1.165) is 36.5 Å². The third kappa shape index (κ3) is 4.28. The Kier molecular flexibility index (Phi) is 6.24. The second-order valence-corrected chi connectivity index (χ2v) is 13.9. The number of aromatic nitrogens is 2. The minimum absolute atomic E-state index is 0.0175. The van der Waals surface area contributed by atoms with Gasteiger partial charge in [0.05, 0.1) is 27.8 Å². The number of nitrogens with zero attached hydrogens (tertiary/aromatic N) is 2. The zero-order chi connectivity index (χ0) is 25.0. The molecular formula is C25H31N3O5S2. The molecule has 1 aromatic carbocycles. The lowest BCUT2D eigenvalue weighted by atomic mass is 9.53. The number of sulfone groups is 1. The molecule has 4 aliphatic rings. The van der Waals surface area contributed by atoms with E-state index >= 15 is 0 Å². The zero-order valence-electron chi connectivity index (χ0n) is 19.9. The summed E-state index contributed by atoms with van der Waals surface area (Å²) in [5.74, 6) is 0.443. The van der Waals surface area contributed by atoms with E-state index in [4.69, 9.17) is 0 Å². The van der Waals surface area contributed by atoms with Crippen molar-refractivity contribution in [2.24, 2.45) is 17.8 Å². The maximum absolute atomic E-state index is 13.5. The molecule has 2 atom stereocenters. The van der Waals surface area contributed by atoms with Crippen molar-refractivity contribution in [1.29, 1.82) is 0 Å². The van der Waals surface area contributed by atoms with E-state index < -0.39 is 20.6 Å². The van der Waals surface area contributed by atoms with E-state index in [1.807, 2.05) is 0 Å². The van der Waals surface area contributed by atoms with Gasteiger partial charge in [0.1, 0.15) is 5.03 Å². The molecule has 2 unspecified atom stereocenters. The summed E-state index contributed by atoms with van der Waals surface area (Å²) in [6.07, 6.45) is 7.87. The molecule has 4 aliphatic carbocycles. The summed E-state index contributed by atoms with van der Waals surface area (Å²) in [5.41, 5.74) is 1.38. The first-order valence-corrected chi connectivity index (χ1v) is 15.0. The van der Waals surface area contributed by atoms with E-state index in [9.17, 15) is 23.1 Å². The van der Waals surface area contributed by atoms with Crippen LogP contribution in [-0.2, 0) is 9.84 Å². The molecule has 4 saturated carbocycles. The molecule has 2 N–H and O–H groups in total. The fraction of sp³-hybridized carbons (Fsp3) is 0.560. The van der Waals surface area contributed by atoms with Crippen molar-refractivity contribution in [2.45, 2.75) is 61.3 Å². The number of benzene rings is 1. The Hall–Kier alpha value is -2.33. The quantitative estimate of drug-likeness (QED) is 0.511. The number of aromatic carboxylic acids is 1. The van der Waals surface area contributed by atoms with Crippen molar-refractivity contribution < 1.29 is 23.1 Å². The largest absolute Gasteiger partial charge is 0.478 e. The minimum Gasteiger partial charge on any atom is -0.478 e. The first kappa shape index (κ1) is 24.4. The number of rotatable bonds is 8. The van der Waals surface area contributed by atoms with Crippen molar-refractivity contribution in [3.63, 3.8) is 0 Å². The molecule has 2 aromatic rings. The molecule has 1 aromatic heterocycles. The Bertz CT molecular complexity index is 1240. The Morgan fingerprint density at radius 1 is 1.17 bits per heavy atom. The van der Waals surface area contributed by atoms with Gasteiger partial charge in [0.25, 0.3) is 5.91 Å². The van der Waals surface area contributed by atoms with Crippen LogP contribution >= 0.6 is 11.8 Å². The molecular weight excluding hydrogens is 486 g/mol.